The summed E-state index contributed by atoms with van der Waals surface area (Å²) in [4.78, 5) is 17.3. The van der Waals surface area contributed by atoms with Crippen molar-refractivity contribution in [2.24, 2.45) is 0 Å². The van der Waals surface area contributed by atoms with Gasteiger partial charge in [0.1, 0.15) is 17.6 Å². The van der Waals surface area contributed by atoms with Crippen LogP contribution in [0, 0.1) is 0 Å². The lowest BCUT2D eigenvalue weighted by atomic mass is 10.1. The summed E-state index contributed by atoms with van der Waals surface area (Å²) in [5.74, 6) is -0.136. The molecule has 0 aliphatic rings. The highest BCUT2D eigenvalue weighted by molar-refractivity contribution is 8.00. The molecule has 5 heteroatoms. The molecule has 0 saturated carbocycles. The summed E-state index contributed by atoms with van der Waals surface area (Å²) in [6, 6.07) is 27.2. The average molecular weight is 416 g/mol. The Kier molecular flexibility index (Phi) is 6.30. The molecule has 3 aromatic carbocycles. The zero-order valence-electron chi connectivity index (χ0n) is 16.3. The second kappa shape index (κ2) is 9.46. The number of ether oxygens (including phenoxy) is 1. The van der Waals surface area contributed by atoms with Crippen LogP contribution in [0.15, 0.2) is 96.0 Å². The van der Waals surface area contributed by atoms with Gasteiger partial charge < -0.3 is 9.84 Å². The summed E-state index contributed by atoms with van der Waals surface area (Å²) in [7, 11) is 0. The fourth-order valence-corrected chi connectivity index (χ4v) is 4.22. The van der Waals surface area contributed by atoms with Gasteiger partial charge in [-0.1, -0.05) is 54.6 Å². The summed E-state index contributed by atoms with van der Waals surface area (Å²) in [6.07, 6.45) is 2.19. The molecule has 0 spiro atoms. The van der Waals surface area contributed by atoms with Crippen LogP contribution in [-0.4, -0.2) is 21.3 Å². The third-order valence-electron chi connectivity index (χ3n) is 4.72. The lowest BCUT2D eigenvalue weighted by Crippen LogP contribution is -2.19. The molecule has 0 amide bonds. The molecule has 1 heterocycles. The Morgan fingerprint density at radius 1 is 0.967 bits per heavy atom. The third kappa shape index (κ3) is 4.99. The van der Waals surface area contributed by atoms with Gasteiger partial charge in [-0.05, 0) is 42.3 Å². The van der Waals surface area contributed by atoms with Crippen LogP contribution in [0.25, 0.3) is 10.9 Å². The molecule has 0 fully saturated rings. The zero-order valence-corrected chi connectivity index (χ0v) is 17.1. The quantitative estimate of drug-likeness (QED) is 0.380. The minimum absolute atomic E-state index is 0.373. The highest BCUT2D eigenvalue weighted by Gasteiger charge is 2.21. The molecule has 150 valence electrons. The van der Waals surface area contributed by atoms with Crippen LogP contribution in [0.3, 0.4) is 0 Å². The SMILES string of the molecule is O=C(O)C(Cc1ccccc1OCc1cnc2ccccc2c1)Sc1ccccc1. The van der Waals surface area contributed by atoms with Gasteiger partial charge in [0.25, 0.3) is 0 Å². The fraction of sp³-hybridized carbons (Fsp3) is 0.120. The summed E-state index contributed by atoms with van der Waals surface area (Å²) in [5, 5.41) is 10.2. The van der Waals surface area contributed by atoms with Crippen LogP contribution < -0.4 is 4.74 Å². The van der Waals surface area contributed by atoms with Crippen molar-refractivity contribution in [1.29, 1.82) is 0 Å². The van der Waals surface area contributed by atoms with E-state index in [2.05, 4.69) is 11.1 Å². The van der Waals surface area contributed by atoms with Crippen molar-refractivity contribution in [1.82, 2.24) is 4.98 Å². The van der Waals surface area contributed by atoms with Crippen LogP contribution in [-0.2, 0) is 17.8 Å². The third-order valence-corrected chi connectivity index (χ3v) is 5.91. The Hall–Kier alpha value is -3.31. The first-order valence-electron chi connectivity index (χ1n) is 9.68. The van der Waals surface area contributed by atoms with E-state index in [0.29, 0.717) is 18.8 Å². The Labute approximate surface area is 179 Å². The minimum Gasteiger partial charge on any atom is -0.489 e. The van der Waals surface area contributed by atoms with Gasteiger partial charge in [-0.2, -0.15) is 0 Å². The van der Waals surface area contributed by atoms with Crippen LogP contribution in [0.1, 0.15) is 11.1 Å². The average Bonchev–Trinajstić information content (AvgIpc) is 2.78. The number of hydrogen-bond donors (Lipinski definition) is 1. The largest absolute Gasteiger partial charge is 0.489 e. The first-order valence-corrected chi connectivity index (χ1v) is 10.6. The number of nitrogens with zero attached hydrogens (tertiary/aromatic N) is 1. The number of fused-ring (bicyclic) bond motifs is 1. The monoisotopic (exact) mass is 415 g/mol. The summed E-state index contributed by atoms with van der Waals surface area (Å²) >= 11 is 1.35. The van der Waals surface area contributed by atoms with Gasteiger partial charge >= 0.3 is 5.97 Å². The van der Waals surface area contributed by atoms with Crippen molar-refractivity contribution in [3.05, 3.63) is 102 Å². The number of thioether (sulfide) groups is 1. The van der Waals surface area contributed by atoms with E-state index >= 15 is 0 Å². The van der Waals surface area contributed by atoms with Crippen molar-refractivity contribution in [2.75, 3.05) is 0 Å². The van der Waals surface area contributed by atoms with E-state index in [4.69, 9.17) is 4.74 Å². The molecule has 1 atom stereocenters. The number of rotatable bonds is 8. The smallest absolute Gasteiger partial charge is 0.317 e. The van der Waals surface area contributed by atoms with Crippen molar-refractivity contribution in [3.8, 4) is 5.75 Å². The number of aromatic nitrogens is 1. The maximum Gasteiger partial charge on any atom is 0.317 e. The lowest BCUT2D eigenvalue weighted by molar-refractivity contribution is -0.136. The molecule has 4 rings (SSSR count). The van der Waals surface area contributed by atoms with Crippen LogP contribution in [0.2, 0.25) is 0 Å². The Bertz CT molecular complexity index is 1150. The molecule has 30 heavy (non-hydrogen) atoms. The fourth-order valence-electron chi connectivity index (χ4n) is 3.21. The molecule has 1 aromatic heterocycles. The second-order valence-corrected chi connectivity index (χ2v) is 8.17. The molecule has 1 unspecified atom stereocenters. The number of carbonyl (C=O) groups is 1. The Balaban J connectivity index is 1.49. The number of carboxylic acid groups (broad SMARTS) is 1. The maximum atomic E-state index is 11.9. The van der Waals surface area contributed by atoms with E-state index in [1.807, 2.05) is 85.1 Å². The van der Waals surface area contributed by atoms with E-state index in [1.165, 1.54) is 11.8 Å². The highest BCUT2D eigenvalue weighted by Crippen LogP contribution is 2.29. The van der Waals surface area contributed by atoms with E-state index < -0.39 is 11.2 Å². The molecule has 0 aliphatic heterocycles. The molecule has 4 aromatic rings. The Morgan fingerprint density at radius 2 is 1.70 bits per heavy atom. The molecular formula is C25H21NO3S. The minimum atomic E-state index is -0.836. The van der Waals surface area contributed by atoms with Crippen molar-refractivity contribution < 1.29 is 14.6 Å². The molecule has 4 nitrogen and oxygen atoms in total. The molecule has 0 bridgehead atoms. The molecule has 1 N–H and O–H groups in total. The Morgan fingerprint density at radius 3 is 2.53 bits per heavy atom. The van der Waals surface area contributed by atoms with Gasteiger partial charge in [-0.15, -0.1) is 11.8 Å². The van der Waals surface area contributed by atoms with Gasteiger partial charge in [0.05, 0.1) is 5.52 Å². The van der Waals surface area contributed by atoms with Gasteiger partial charge in [0.15, 0.2) is 0 Å². The number of para-hydroxylation sites is 2. The van der Waals surface area contributed by atoms with E-state index in [-0.39, 0.29) is 0 Å². The summed E-state index contributed by atoms with van der Waals surface area (Å²) in [6.45, 7) is 0.373. The topological polar surface area (TPSA) is 59.4 Å². The first kappa shape index (κ1) is 20.0. The number of aliphatic carboxylic acids is 1. The van der Waals surface area contributed by atoms with Gasteiger partial charge in [0, 0.05) is 22.0 Å². The summed E-state index contributed by atoms with van der Waals surface area (Å²) < 4.78 is 6.06. The molecular weight excluding hydrogens is 394 g/mol. The maximum absolute atomic E-state index is 11.9. The predicted octanol–water partition coefficient (Wildman–Crippen LogP) is 5.60. The standard InChI is InChI=1S/C25H21NO3S/c27-25(28)24(30-21-10-2-1-3-11-21)15-20-9-5-7-13-23(20)29-17-18-14-19-8-4-6-12-22(19)26-16-18/h1-14,16,24H,15,17H2,(H,27,28). The highest BCUT2D eigenvalue weighted by atomic mass is 32.2. The number of benzene rings is 3. The molecule has 0 radical (unpaired) electrons. The van der Waals surface area contributed by atoms with Crippen LogP contribution in [0.5, 0.6) is 5.75 Å². The van der Waals surface area contributed by atoms with Crippen molar-refractivity contribution >= 4 is 28.6 Å². The molecule has 0 aliphatic carbocycles. The van der Waals surface area contributed by atoms with Gasteiger partial charge in [0.2, 0.25) is 0 Å². The predicted molar refractivity (Wildman–Crippen MR) is 120 cm³/mol. The number of carboxylic acids is 1. The summed E-state index contributed by atoms with van der Waals surface area (Å²) in [5.41, 5.74) is 2.79. The zero-order chi connectivity index (χ0) is 20.8. The van der Waals surface area contributed by atoms with Crippen LogP contribution >= 0.6 is 11.8 Å². The van der Waals surface area contributed by atoms with Crippen LogP contribution in [0.4, 0.5) is 0 Å². The number of hydrogen-bond acceptors (Lipinski definition) is 4. The van der Waals surface area contributed by atoms with E-state index in [0.717, 1.165) is 26.9 Å². The lowest BCUT2D eigenvalue weighted by Gasteiger charge is -2.16. The normalized spacial score (nSPS) is 11.9. The first-order chi connectivity index (χ1) is 14.7. The molecule has 0 saturated heterocycles. The number of pyridine rings is 1. The van der Waals surface area contributed by atoms with Crippen molar-refractivity contribution in [2.45, 2.75) is 23.2 Å². The van der Waals surface area contributed by atoms with E-state index in [9.17, 15) is 9.90 Å². The van der Waals surface area contributed by atoms with Gasteiger partial charge in [-0.3, -0.25) is 9.78 Å². The second-order valence-electron chi connectivity index (χ2n) is 6.89. The van der Waals surface area contributed by atoms with Gasteiger partial charge in [-0.25, -0.2) is 0 Å². The van der Waals surface area contributed by atoms with Crippen molar-refractivity contribution in [3.63, 3.8) is 0 Å². The van der Waals surface area contributed by atoms with E-state index in [1.54, 1.807) is 0 Å².